The first kappa shape index (κ1) is 17.3. The predicted molar refractivity (Wildman–Crippen MR) is 105 cm³/mol. The van der Waals surface area contributed by atoms with Crippen molar-refractivity contribution in [1.29, 1.82) is 0 Å². The molecule has 4 rings (SSSR count). The van der Waals surface area contributed by atoms with E-state index in [0.29, 0.717) is 41.1 Å². The van der Waals surface area contributed by atoms with Gasteiger partial charge in [-0.15, -0.1) is 0 Å². The standard InChI is InChI=1S/C19H15BrN4O3/c1-2-26-17-8-16-13(7-15(17)25)18(23-12-5-3-4-11(20)6-12)24-14-9-21-10-22-19(14)27-16/h3-10,25H,2H2,1H3,(H,23,24). The minimum atomic E-state index is -0.0000162. The molecular weight excluding hydrogens is 412 g/mol. The van der Waals surface area contributed by atoms with Crippen LogP contribution >= 0.6 is 15.9 Å². The van der Waals surface area contributed by atoms with Crippen LogP contribution in [0.15, 0.2) is 58.4 Å². The van der Waals surface area contributed by atoms with Crippen molar-refractivity contribution in [2.24, 2.45) is 4.99 Å². The number of hydrogen-bond donors (Lipinski definition) is 2. The molecule has 0 atom stereocenters. The van der Waals surface area contributed by atoms with Gasteiger partial charge in [0.05, 0.1) is 18.4 Å². The Kier molecular flexibility index (Phi) is 4.64. The van der Waals surface area contributed by atoms with E-state index >= 15 is 0 Å². The fraction of sp³-hybridized carbons (Fsp3) is 0.105. The summed E-state index contributed by atoms with van der Waals surface area (Å²) in [6, 6.07) is 10.9. The van der Waals surface area contributed by atoms with Crippen molar-refractivity contribution in [2.45, 2.75) is 6.92 Å². The minimum Gasteiger partial charge on any atom is -0.504 e. The number of amidine groups is 1. The van der Waals surface area contributed by atoms with E-state index in [9.17, 15) is 5.11 Å². The average Bonchev–Trinajstić information content (AvgIpc) is 2.79. The molecule has 1 aliphatic rings. The number of fused-ring (bicyclic) bond motifs is 2. The number of ether oxygens (including phenoxy) is 2. The number of halogens is 1. The van der Waals surface area contributed by atoms with E-state index in [0.717, 1.165) is 10.2 Å². The summed E-state index contributed by atoms with van der Waals surface area (Å²) < 4.78 is 12.3. The van der Waals surface area contributed by atoms with Gasteiger partial charge in [-0.2, -0.15) is 4.98 Å². The molecule has 1 aromatic heterocycles. The fourth-order valence-corrected chi connectivity index (χ4v) is 3.04. The quantitative estimate of drug-likeness (QED) is 0.633. The van der Waals surface area contributed by atoms with Gasteiger partial charge in [-0.05, 0) is 31.2 Å². The second kappa shape index (κ2) is 7.24. The summed E-state index contributed by atoms with van der Waals surface area (Å²) in [6.45, 7) is 2.26. The maximum absolute atomic E-state index is 10.3. The van der Waals surface area contributed by atoms with Crippen molar-refractivity contribution in [2.75, 3.05) is 11.9 Å². The van der Waals surface area contributed by atoms with Crippen LogP contribution in [0.1, 0.15) is 12.5 Å². The van der Waals surface area contributed by atoms with Crippen LogP contribution in [0.3, 0.4) is 0 Å². The van der Waals surface area contributed by atoms with E-state index in [1.807, 2.05) is 31.2 Å². The summed E-state index contributed by atoms with van der Waals surface area (Å²) in [7, 11) is 0. The van der Waals surface area contributed by atoms with Gasteiger partial charge in [-0.1, -0.05) is 22.0 Å². The van der Waals surface area contributed by atoms with Crippen molar-refractivity contribution in [3.63, 3.8) is 0 Å². The molecule has 8 heteroatoms. The molecule has 3 aromatic rings. The third kappa shape index (κ3) is 3.56. The molecule has 136 valence electrons. The van der Waals surface area contributed by atoms with Crippen LogP contribution in [0.2, 0.25) is 0 Å². The minimum absolute atomic E-state index is 0.0000162. The number of phenolic OH excluding ortho intramolecular Hbond substituents is 1. The Labute approximate surface area is 163 Å². The highest BCUT2D eigenvalue weighted by Crippen LogP contribution is 2.41. The van der Waals surface area contributed by atoms with Crippen molar-refractivity contribution in [1.82, 2.24) is 9.97 Å². The van der Waals surface area contributed by atoms with Gasteiger partial charge in [0.2, 0.25) is 5.88 Å². The number of nitrogens with one attached hydrogen (secondary N) is 1. The van der Waals surface area contributed by atoms with Gasteiger partial charge < -0.3 is 19.9 Å². The molecule has 0 bridgehead atoms. The SMILES string of the molecule is CCOc1cc2c(cc1O)C(Nc1cccc(Br)c1)=Nc1cncnc1O2. The molecule has 0 spiro atoms. The highest BCUT2D eigenvalue weighted by Gasteiger charge is 2.22. The van der Waals surface area contributed by atoms with Gasteiger partial charge in [0.25, 0.3) is 0 Å². The highest BCUT2D eigenvalue weighted by atomic mass is 79.9. The first-order chi connectivity index (χ1) is 13.1. The normalized spacial score (nSPS) is 12.1. The van der Waals surface area contributed by atoms with Crippen LogP contribution in [-0.2, 0) is 0 Å². The number of aliphatic imine (C=N–C) groups is 1. The molecule has 1 aliphatic heterocycles. The Bertz CT molecular complexity index is 1040. The molecule has 27 heavy (non-hydrogen) atoms. The molecule has 2 aromatic carbocycles. The Hall–Kier alpha value is -3.13. The molecule has 0 saturated heterocycles. The molecule has 0 radical (unpaired) electrons. The Balaban J connectivity index is 1.85. The molecule has 0 amide bonds. The second-order valence-electron chi connectivity index (χ2n) is 5.66. The molecular formula is C19H15BrN4O3. The lowest BCUT2D eigenvalue weighted by molar-refractivity contribution is 0.316. The first-order valence-corrected chi connectivity index (χ1v) is 9.02. The highest BCUT2D eigenvalue weighted by molar-refractivity contribution is 9.10. The summed E-state index contributed by atoms with van der Waals surface area (Å²) in [5, 5.41) is 13.6. The van der Waals surface area contributed by atoms with Crippen LogP contribution in [-0.4, -0.2) is 27.5 Å². The number of hydrogen-bond acceptors (Lipinski definition) is 7. The van der Waals surface area contributed by atoms with E-state index < -0.39 is 0 Å². The van der Waals surface area contributed by atoms with E-state index in [2.05, 4.69) is 36.2 Å². The summed E-state index contributed by atoms with van der Waals surface area (Å²) in [6.07, 6.45) is 2.96. The Morgan fingerprint density at radius 3 is 2.96 bits per heavy atom. The maximum Gasteiger partial charge on any atom is 0.248 e. The van der Waals surface area contributed by atoms with Crippen LogP contribution in [0.25, 0.3) is 0 Å². The zero-order valence-corrected chi connectivity index (χ0v) is 15.9. The fourth-order valence-electron chi connectivity index (χ4n) is 2.64. The first-order valence-electron chi connectivity index (χ1n) is 8.23. The van der Waals surface area contributed by atoms with Crippen molar-refractivity contribution in [3.05, 3.63) is 59.0 Å². The zero-order valence-electron chi connectivity index (χ0n) is 14.3. The average molecular weight is 427 g/mol. The van der Waals surface area contributed by atoms with Crippen molar-refractivity contribution in [3.8, 4) is 23.1 Å². The number of nitrogens with zero attached hydrogens (tertiary/aromatic N) is 3. The summed E-state index contributed by atoms with van der Waals surface area (Å²) in [5.74, 6) is 1.62. The van der Waals surface area contributed by atoms with E-state index in [4.69, 9.17) is 9.47 Å². The summed E-state index contributed by atoms with van der Waals surface area (Å²) in [5.41, 5.74) is 1.88. The van der Waals surface area contributed by atoms with Crippen LogP contribution < -0.4 is 14.8 Å². The van der Waals surface area contributed by atoms with Gasteiger partial charge in [-0.25, -0.2) is 9.98 Å². The largest absolute Gasteiger partial charge is 0.504 e. The summed E-state index contributed by atoms with van der Waals surface area (Å²) in [4.78, 5) is 12.8. The molecule has 7 nitrogen and oxygen atoms in total. The van der Waals surface area contributed by atoms with Crippen LogP contribution in [0.5, 0.6) is 23.1 Å². The van der Waals surface area contributed by atoms with E-state index in [1.165, 1.54) is 6.33 Å². The number of benzene rings is 2. The van der Waals surface area contributed by atoms with Gasteiger partial charge >= 0.3 is 0 Å². The Morgan fingerprint density at radius 1 is 1.26 bits per heavy atom. The van der Waals surface area contributed by atoms with Gasteiger partial charge in [0.1, 0.15) is 23.6 Å². The number of anilines is 1. The lowest BCUT2D eigenvalue weighted by Gasteiger charge is -2.14. The molecule has 0 saturated carbocycles. The van der Waals surface area contributed by atoms with Gasteiger partial charge in [-0.3, -0.25) is 0 Å². The maximum atomic E-state index is 10.3. The van der Waals surface area contributed by atoms with E-state index in [-0.39, 0.29) is 5.75 Å². The number of aromatic nitrogens is 2. The molecule has 0 unspecified atom stereocenters. The van der Waals surface area contributed by atoms with Gasteiger partial charge in [0.15, 0.2) is 11.5 Å². The lowest BCUT2D eigenvalue weighted by atomic mass is 10.1. The van der Waals surface area contributed by atoms with Crippen molar-refractivity contribution < 1.29 is 14.6 Å². The molecule has 0 aliphatic carbocycles. The zero-order chi connectivity index (χ0) is 18.8. The van der Waals surface area contributed by atoms with Crippen LogP contribution in [0.4, 0.5) is 11.4 Å². The van der Waals surface area contributed by atoms with Gasteiger partial charge in [0, 0.05) is 16.2 Å². The Morgan fingerprint density at radius 2 is 2.15 bits per heavy atom. The van der Waals surface area contributed by atoms with E-state index in [1.54, 1.807) is 18.3 Å². The third-order valence-corrected chi connectivity index (χ3v) is 4.29. The number of rotatable bonds is 3. The number of aromatic hydroxyl groups is 1. The predicted octanol–water partition coefficient (Wildman–Crippen LogP) is 4.64. The van der Waals surface area contributed by atoms with Crippen molar-refractivity contribution >= 4 is 33.1 Å². The topological polar surface area (TPSA) is 88.9 Å². The monoisotopic (exact) mass is 426 g/mol. The number of phenols is 1. The molecule has 2 N–H and O–H groups in total. The van der Waals surface area contributed by atoms with Crippen LogP contribution in [0, 0.1) is 0 Å². The smallest absolute Gasteiger partial charge is 0.248 e. The summed E-state index contributed by atoms with van der Waals surface area (Å²) >= 11 is 3.46. The molecule has 2 heterocycles. The second-order valence-corrected chi connectivity index (χ2v) is 6.58. The molecule has 0 fully saturated rings. The third-order valence-electron chi connectivity index (χ3n) is 3.80. The lowest BCUT2D eigenvalue weighted by Crippen LogP contribution is -2.13.